The molecule has 1 N–H and O–H groups in total. The number of rotatable bonds is 4. The summed E-state index contributed by atoms with van der Waals surface area (Å²) in [6, 6.07) is 3.52. The number of nitrogens with zero attached hydrogens (tertiary/aromatic N) is 1. The minimum atomic E-state index is -0.578. The van der Waals surface area contributed by atoms with Gasteiger partial charge in [-0.2, -0.15) is 0 Å². The van der Waals surface area contributed by atoms with Gasteiger partial charge < -0.3 is 5.32 Å². The molecule has 1 aromatic carbocycles. The van der Waals surface area contributed by atoms with Gasteiger partial charge in [0.1, 0.15) is 16.6 Å². The third-order valence-electron chi connectivity index (χ3n) is 2.29. The Hall–Kier alpha value is -1.33. The first kappa shape index (κ1) is 12.1. The number of halogens is 2. The van der Waals surface area contributed by atoms with Gasteiger partial charge in [0.15, 0.2) is 0 Å². The van der Waals surface area contributed by atoms with Crippen LogP contribution in [0, 0.1) is 11.6 Å². The lowest BCUT2D eigenvalue weighted by Gasteiger charge is -1.99. The topological polar surface area (TPSA) is 24.9 Å². The molecule has 1 heterocycles. The van der Waals surface area contributed by atoms with Gasteiger partial charge >= 0.3 is 0 Å². The quantitative estimate of drug-likeness (QED) is 0.906. The van der Waals surface area contributed by atoms with E-state index in [4.69, 9.17) is 0 Å². The lowest BCUT2D eigenvalue weighted by Crippen LogP contribution is -2.11. The lowest BCUT2D eigenvalue weighted by molar-refractivity contribution is 0.585. The summed E-state index contributed by atoms with van der Waals surface area (Å²) in [4.78, 5) is 4.30. The van der Waals surface area contributed by atoms with E-state index in [0.717, 1.165) is 17.6 Å². The van der Waals surface area contributed by atoms with Crippen molar-refractivity contribution < 1.29 is 8.78 Å². The van der Waals surface area contributed by atoms with Crippen molar-refractivity contribution in [3.05, 3.63) is 40.2 Å². The largest absolute Gasteiger partial charge is 0.311 e. The van der Waals surface area contributed by atoms with Gasteiger partial charge in [0, 0.05) is 23.6 Å². The van der Waals surface area contributed by atoms with Crippen LogP contribution in [0.5, 0.6) is 0 Å². The highest BCUT2D eigenvalue weighted by Crippen LogP contribution is 2.25. The van der Waals surface area contributed by atoms with Crippen molar-refractivity contribution in [3.63, 3.8) is 0 Å². The Kier molecular flexibility index (Phi) is 3.81. The Morgan fingerprint density at radius 1 is 1.35 bits per heavy atom. The van der Waals surface area contributed by atoms with Crippen molar-refractivity contribution in [2.24, 2.45) is 0 Å². The van der Waals surface area contributed by atoms with E-state index in [1.54, 1.807) is 5.38 Å². The summed E-state index contributed by atoms with van der Waals surface area (Å²) in [5.74, 6) is -1.15. The van der Waals surface area contributed by atoms with Crippen molar-refractivity contribution in [1.82, 2.24) is 10.3 Å². The molecule has 5 heteroatoms. The molecule has 0 bridgehead atoms. The van der Waals surface area contributed by atoms with Crippen LogP contribution in [-0.4, -0.2) is 11.5 Å². The Morgan fingerprint density at radius 3 is 2.88 bits per heavy atom. The predicted octanol–water partition coefficient (Wildman–Crippen LogP) is 3.20. The monoisotopic (exact) mass is 254 g/mol. The maximum atomic E-state index is 13.5. The molecule has 17 heavy (non-hydrogen) atoms. The Balaban J connectivity index is 2.24. The van der Waals surface area contributed by atoms with E-state index in [-0.39, 0.29) is 0 Å². The molecule has 2 aromatic rings. The van der Waals surface area contributed by atoms with E-state index in [9.17, 15) is 8.78 Å². The molecule has 0 fully saturated rings. The van der Waals surface area contributed by atoms with Gasteiger partial charge in [0.2, 0.25) is 0 Å². The van der Waals surface area contributed by atoms with E-state index in [1.165, 1.54) is 23.5 Å². The number of aromatic nitrogens is 1. The van der Waals surface area contributed by atoms with Crippen LogP contribution >= 0.6 is 11.3 Å². The minimum absolute atomic E-state index is 0.338. The van der Waals surface area contributed by atoms with Crippen molar-refractivity contribution >= 4 is 11.3 Å². The first-order chi connectivity index (χ1) is 8.20. The third kappa shape index (κ3) is 2.87. The summed E-state index contributed by atoms with van der Waals surface area (Å²) < 4.78 is 26.3. The summed E-state index contributed by atoms with van der Waals surface area (Å²) >= 11 is 1.46. The van der Waals surface area contributed by atoms with Gasteiger partial charge in [0.05, 0.1) is 5.69 Å². The molecule has 2 nitrogen and oxygen atoms in total. The number of thiazole rings is 1. The highest BCUT2D eigenvalue weighted by molar-refractivity contribution is 7.09. The number of hydrogen-bond donors (Lipinski definition) is 1. The van der Waals surface area contributed by atoms with Gasteiger partial charge in [-0.3, -0.25) is 0 Å². The van der Waals surface area contributed by atoms with Crippen molar-refractivity contribution in [2.75, 3.05) is 6.54 Å². The highest BCUT2D eigenvalue weighted by atomic mass is 32.1. The first-order valence-electron chi connectivity index (χ1n) is 5.31. The molecule has 90 valence electrons. The van der Waals surface area contributed by atoms with Gasteiger partial charge in [-0.15, -0.1) is 11.3 Å². The normalized spacial score (nSPS) is 10.8. The van der Waals surface area contributed by atoms with Gasteiger partial charge in [-0.25, -0.2) is 13.8 Å². The second kappa shape index (κ2) is 5.33. The zero-order valence-electron chi connectivity index (χ0n) is 9.34. The standard InChI is InChI=1S/C12H12F2N2S/c1-2-15-6-12-16-11(7-17-12)9-4-3-8(13)5-10(9)14/h3-5,7,15H,2,6H2,1H3. The van der Waals surface area contributed by atoms with Crippen LogP contribution in [0.2, 0.25) is 0 Å². The summed E-state index contributed by atoms with van der Waals surface area (Å²) in [5, 5.41) is 5.82. The molecule has 0 amide bonds. The average molecular weight is 254 g/mol. The molecule has 0 radical (unpaired) electrons. The van der Waals surface area contributed by atoms with Crippen LogP contribution in [0.1, 0.15) is 11.9 Å². The summed E-state index contributed by atoms with van der Waals surface area (Å²) in [6.45, 7) is 3.54. The molecular weight excluding hydrogens is 242 g/mol. The fraction of sp³-hybridized carbons (Fsp3) is 0.250. The fourth-order valence-electron chi connectivity index (χ4n) is 1.44. The second-order valence-corrected chi connectivity index (χ2v) is 4.47. The molecule has 1 aromatic heterocycles. The smallest absolute Gasteiger partial charge is 0.135 e. The molecule has 0 saturated heterocycles. The molecule has 0 aliphatic rings. The van der Waals surface area contributed by atoms with Crippen LogP contribution in [0.15, 0.2) is 23.6 Å². The molecule has 0 unspecified atom stereocenters. The van der Waals surface area contributed by atoms with Gasteiger partial charge in [0.25, 0.3) is 0 Å². The molecule has 0 atom stereocenters. The first-order valence-corrected chi connectivity index (χ1v) is 6.19. The Labute approximate surface area is 102 Å². The van der Waals surface area contributed by atoms with Crippen molar-refractivity contribution in [1.29, 1.82) is 0 Å². The second-order valence-electron chi connectivity index (χ2n) is 3.53. The summed E-state index contributed by atoms with van der Waals surface area (Å²) in [6.07, 6.45) is 0. The third-order valence-corrected chi connectivity index (χ3v) is 3.13. The van der Waals surface area contributed by atoms with Crippen LogP contribution in [-0.2, 0) is 6.54 Å². The fourth-order valence-corrected chi connectivity index (χ4v) is 2.21. The molecule has 2 rings (SSSR count). The van der Waals surface area contributed by atoms with Crippen LogP contribution in [0.3, 0.4) is 0 Å². The summed E-state index contributed by atoms with van der Waals surface area (Å²) in [5.41, 5.74) is 0.894. The molecule has 0 aliphatic heterocycles. The average Bonchev–Trinajstić information content (AvgIpc) is 2.75. The predicted molar refractivity (Wildman–Crippen MR) is 64.8 cm³/mol. The molecule has 0 aliphatic carbocycles. The zero-order chi connectivity index (χ0) is 12.3. The zero-order valence-corrected chi connectivity index (χ0v) is 10.2. The van der Waals surface area contributed by atoms with Crippen LogP contribution < -0.4 is 5.32 Å². The molecule has 0 spiro atoms. The number of benzene rings is 1. The van der Waals surface area contributed by atoms with Gasteiger partial charge in [-0.05, 0) is 18.7 Å². The minimum Gasteiger partial charge on any atom is -0.311 e. The maximum absolute atomic E-state index is 13.5. The van der Waals surface area contributed by atoms with Crippen molar-refractivity contribution in [3.8, 4) is 11.3 Å². The van der Waals surface area contributed by atoms with Gasteiger partial charge in [-0.1, -0.05) is 6.92 Å². The SMILES string of the molecule is CCNCc1nc(-c2ccc(F)cc2F)cs1. The van der Waals surface area contributed by atoms with E-state index in [2.05, 4.69) is 10.3 Å². The van der Waals surface area contributed by atoms with E-state index in [0.29, 0.717) is 17.8 Å². The molecular formula is C12H12F2N2S. The lowest BCUT2D eigenvalue weighted by atomic mass is 10.1. The number of nitrogens with one attached hydrogen (secondary N) is 1. The Bertz CT molecular complexity index is 511. The van der Waals surface area contributed by atoms with Crippen LogP contribution in [0.4, 0.5) is 8.78 Å². The molecule has 0 saturated carbocycles. The van der Waals surface area contributed by atoms with E-state index < -0.39 is 11.6 Å². The number of hydrogen-bond acceptors (Lipinski definition) is 3. The van der Waals surface area contributed by atoms with Crippen molar-refractivity contribution in [2.45, 2.75) is 13.5 Å². The van der Waals surface area contributed by atoms with E-state index in [1.807, 2.05) is 6.92 Å². The van der Waals surface area contributed by atoms with Crippen LogP contribution in [0.25, 0.3) is 11.3 Å². The summed E-state index contributed by atoms with van der Waals surface area (Å²) in [7, 11) is 0. The Morgan fingerprint density at radius 2 is 2.18 bits per heavy atom. The van der Waals surface area contributed by atoms with E-state index >= 15 is 0 Å². The highest BCUT2D eigenvalue weighted by Gasteiger charge is 2.09. The maximum Gasteiger partial charge on any atom is 0.135 e.